The van der Waals surface area contributed by atoms with Crippen LogP contribution in [-0.4, -0.2) is 381 Å². The van der Waals surface area contributed by atoms with Crippen LogP contribution >= 0.6 is 0 Å². The molecule has 15 rings (SSSR count). The number of fused-ring (bicyclic) bond motifs is 7. The molecule has 81 heavy (non-hydrogen) atoms. The fourth-order valence-electron chi connectivity index (χ4n) is 10.8. The predicted molar refractivity (Wildman–Crippen MR) is 244 cm³/mol. The zero-order valence-electron chi connectivity index (χ0n) is 43.0. The monoisotopic (exact) mass is 1190 g/mol. The molecule has 0 unspecified atom stereocenters. The van der Waals surface area contributed by atoms with Crippen molar-refractivity contribution in [1.29, 1.82) is 0 Å². The molecular formula is C45H76O36. The van der Waals surface area contributed by atoms with Gasteiger partial charge in [-0.05, 0) is 6.92 Å². The van der Waals surface area contributed by atoms with Gasteiger partial charge in [-0.3, -0.25) is 0 Å². The standard InChI is InChI=1S/C45H76O36/c1-10(53)9-67-38-30(66)37-17(8-52)74-45(38)81-36-16(7-51)73-43(29(65)23(36)59)79-34-14(5-49)71-41(27(63)21(34)57)77-32-12(3-47)69-39(25(61)19(32)55)75-31-11(2-46)68-40(24(60)18(31)54)76-33-13(4-48)70-42(26(62)20(33)56)78-35-15(6-50)72-44(80-37)28(64)22(35)58/h10-66H,2-9H2,1H3/t10-,11+,12+,13+,14+,15+,16+,17-,18+,19-,20+,21-,22+,23-,24+,25-,26+,27-,28+,29-,30-,31+,32+,33+,34+,35+,36+,37+,38+,39+,40+,41+,42+,43+,44+,45+/m0/s1. The van der Waals surface area contributed by atoms with Gasteiger partial charge in [0.1, 0.15) is 171 Å². The van der Waals surface area contributed by atoms with Crippen molar-refractivity contribution in [2.75, 3.05) is 52.9 Å². The minimum atomic E-state index is -2.21. The largest absolute Gasteiger partial charge is 0.394 e. The fraction of sp³-hybridized carbons (Fsp3) is 1.00. The first-order chi connectivity index (χ1) is 38.5. The third-order valence-corrected chi connectivity index (χ3v) is 15.3. The molecule has 21 N–H and O–H groups in total. The van der Waals surface area contributed by atoms with Gasteiger partial charge >= 0.3 is 0 Å². The van der Waals surface area contributed by atoms with E-state index < -0.39 is 274 Å². The Kier molecular flexibility index (Phi) is 22.8. The molecule has 0 spiro atoms. The molecule has 0 aromatic rings. The Labute approximate surface area is 458 Å². The molecule has 15 saturated heterocycles. The Morgan fingerprint density at radius 2 is 0.432 bits per heavy atom. The molecule has 472 valence electrons. The van der Waals surface area contributed by atoms with Crippen LogP contribution in [-0.2, 0) is 71.1 Å². The highest BCUT2D eigenvalue weighted by Crippen LogP contribution is 2.39. The van der Waals surface area contributed by atoms with Crippen molar-refractivity contribution in [3.8, 4) is 0 Å². The van der Waals surface area contributed by atoms with Gasteiger partial charge in [-0.2, -0.15) is 0 Å². The van der Waals surface area contributed by atoms with Gasteiger partial charge in [0.15, 0.2) is 44.0 Å². The molecule has 15 heterocycles. The number of aliphatic hydroxyl groups is 21. The first-order valence-corrected chi connectivity index (χ1v) is 26.1. The lowest BCUT2D eigenvalue weighted by atomic mass is 9.95. The van der Waals surface area contributed by atoms with E-state index in [1.807, 2.05) is 0 Å². The van der Waals surface area contributed by atoms with E-state index in [9.17, 15) is 107 Å². The number of ether oxygens (including phenoxy) is 15. The molecular weight excluding hydrogens is 1120 g/mol. The van der Waals surface area contributed by atoms with Crippen LogP contribution in [0.15, 0.2) is 0 Å². The van der Waals surface area contributed by atoms with Gasteiger partial charge in [-0.15, -0.1) is 0 Å². The molecule has 0 amide bonds. The molecule has 15 aliphatic heterocycles. The van der Waals surface area contributed by atoms with Crippen molar-refractivity contribution in [2.24, 2.45) is 0 Å². The maximum atomic E-state index is 11.9. The quantitative estimate of drug-likeness (QED) is 0.0966. The van der Waals surface area contributed by atoms with Gasteiger partial charge in [0.05, 0.1) is 59.0 Å². The van der Waals surface area contributed by atoms with Crippen molar-refractivity contribution >= 4 is 0 Å². The minimum Gasteiger partial charge on any atom is -0.394 e. The van der Waals surface area contributed by atoms with Crippen molar-refractivity contribution in [3.63, 3.8) is 0 Å². The molecule has 0 saturated carbocycles. The molecule has 0 aromatic heterocycles. The minimum absolute atomic E-state index is 0.568. The highest BCUT2D eigenvalue weighted by atomic mass is 16.8. The van der Waals surface area contributed by atoms with Gasteiger partial charge in [-0.1, -0.05) is 0 Å². The lowest BCUT2D eigenvalue weighted by Gasteiger charge is -2.50. The van der Waals surface area contributed by atoms with Gasteiger partial charge in [0.25, 0.3) is 0 Å². The van der Waals surface area contributed by atoms with Crippen molar-refractivity contribution in [2.45, 2.75) is 228 Å². The van der Waals surface area contributed by atoms with Crippen LogP contribution < -0.4 is 0 Å². The SMILES string of the molecule is C[C@H](O)CO[C@H]1[C@H]2O[C@H]3[C@@H](O)[C@H](O)[C@@H](O[C@H]4[C@@H](O)[C@H](O)[C@@H](O[C@H]5[C@@H](O)[C@H](O)[C@@H](O[C@H]6[C@H](O)[C@@H](O)[C@@H](O[C@H]7[C@H](O)[C@@H](O)[C@@H](O[C@H]8[C@H](O)[C@@H](O)[C@@H](O[C@@H]([C@@H]1O)[C@H](CO)O2)O[C@@H]8CO)O[C@@H]7CO)O[C@@H]6CO)O[C@@H]5CO)O[C@@H]4CO)O[C@@H]3CO. The zero-order chi connectivity index (χ0) is 59.0. The van der Waals surface area contributed by atoms with Gasteiger partial charge in [-0.25, -0.2) is 0 Å². The molecule has 15 fully saturated rings. The summed E-state index contributed by atoms with van der Waals surface area (Å²) >= 11 is 0. The lowest BCUT2D eigenvalue weighted by molar-refractivity contribution is -0.398. The maximum absolute atomic E-state index is 11.9. The summed E-state index contributed by atoms with van der Waals surface area (Å²) in [6, 6.07) is 0. The van der Waals surface area contributed by atoms with Crippen LogP contribution in [0, 0.1) is 0 Å². The molecule has 36 heteroatoms. The second-order valence-corrected chi connectivity index (χ2v) is 20.8. The lowest BCUT2D eigenvalue weighted by Crippen LogP contribution is -2.68. The second kappa shape index (κ2) is 28.2. The van der Waals surface area contributed by atoms with Crippen LogP contribution in [0.4, 0.5) is 0 Å². The number of aliphatic hydroxyl groups excluding tert-OH is 21. The van der Waals surface area contributed by atoms with Crippen LogP contribution in [0.3, 0.4) is 0 Å². The smallest absolute Gasteiger partial charge is 0.187 e. The van der Waals surface area contributed by atoms with Gasteiger partial charge in [0, 0.05) is 0 Å². The summed E-state index contributed by atoms with van der Waals surface area (Å²) < 4.78 is 86.4. The van der Waals surface area contributed by atoms with Crippen molar-refractivity contribution < 1.29 is 178 Å². The molecule has 36 nitrogen and oxygen atoms in total. The Morgan fingerprint density at radius 3 is 0.617 bits per heavy atom. The van der Waals surface area contributed by atoms with E-state index in [4.69, 9.17) is 71.1 Å². The van der Waals surface area contributed by atoms with Crippen LogP contribution in [0.2, 0.25) is 0 Å². The van der Waals surface area contributed by atoms with E-state index in [2.05, 4.69) is 0 Å². The van der Waals surface area contributed by atoms with E-state index in [1.165, 1.54) is 6.92 Å². The average molecular weight is 1190 g/mol. The Hall–Kier alpha value is -1.44. The summed E-state index contributed by atoms with van der Waals surface area (Å²) in [4.78, 5) is 0. The van der Waals surface area contributed by atoms with Crippen molar-refractivity contribution in [1.82, 2.24) is 0 Å². The summed E-state index contributed by atoms with van der Waals surface area (Å²) in [6.45, 7) is -6.61. The van der Waals surface area contributed by atoms with E-state index in [0.29, 0.717) is 0 Å². The number of hydrogen-bond acceptors (Lipinski definition) is 36. The van der Waals surface area contributed by atoms with E-state index in [-0.39, 0.29) is 0 Å². The molecule has 36 atom stereocenters. The summed E-state index contributed by atoms with van der Waals surface area (Å²) in [6.07, 6.45) is -70.9. The highest BCUT2D eigenvalue weighted by Gasteiger charge is 2.60. The molecule has 0 aliphatic carbocycles. The highest BCUT2D eigenvalue weighted by molar-refractivity contribution is 5.02. The van der Waals surface area contributed by atoms with E-state index in [1.54, 1.807) is 0 Å². The number of hydrogen-bond donors (Lipinski definition) is 21. The maximum Gasteiger partial charge on any atom is 0.187 e. The first kappa shape index (κ1) is 65.5. The summed E-state index contributed by atoms with van der Waals surface area (Å²) in [5, 5.41) is 232. The molecule has 0 aromatic carbocycles. The predicted octanol–water partition coefficient (Wildman–Crippen LogP) is -14.8. The summed E-state index contributed by atoms with van der Waals surface area (Å²) in [7, 11) is 0. The second-order valence-electron chi connectivity index (χ2n) is 20.8. The topological polar surface area (TPSA) is 563 Å². The average Bonchev–Trinajstić information content (AvgIpc) is 3.66. The van der Waals surface area contributed by atoms with Gasteiger partial charge in [0.2, 0.25) is 0 Å². The summed E-state index contributed by atoms with van der Waals surface area (Å²) in [5.74, 6) is 0. The Morgan fingerprint density at radius 1 is 0.259 bits per heavy atom. The fourth-order valence-corrected chi connectivity index (χ4v) is 10.8. The van der Waals surface area contributed by atoms with Crippen molar-refractivity contribution in [3.05, 3.63) is 0 Å². The summed E-state index contributed by atoms with van der Waals surface area (Å²) in [5.41, 5.74) is 0. The molecule has 14 bridgehead atoms. The Balaban J connectivity index is 1.10. The first-order valence-electron chi connectivity index (χ1n) is 26.1. The van der Waals surface area contributed by atoms with Crippen LogP contribution in [0.1, 0.15) is 6.92 Å². The zero-order valence-corrected chi connectivity index (χ0v) is 43.0. The number of rotatable bonds is 10. The Bertz CT molecular complexity index is 1910. The third-order valence-electron chi connectivity index (χ3n) is 15.3. The van der Waals surface area contributed by atoms with Crippen LogP contribution in [0.5, 0.6) is 0 Å². The molecule has 0 radical (unpaired) electrons. The van der Waals surface area contributed by atoms with E-state index in [0.717, 1.165) is 0 Å². The van der Waals surface area contributed by atoms with E-state index >= 15 is 0 Å². The normalized spacial score (nSPS) is 53.6. The van der Waals surface area contributed by atoms with Crippen LogP contribution in [0.25, 0.3) is 0 Å². The van der Waals surface area contributed by atoms with Gasteiger partial charge < -0.3 is 178 Å². The third kappa shape index (κ3) is 13.4. The molecule has 15 aliphatic rings.